The highest BCUT2D eigenvalue weighted by Crippen LogP contribution is 2.45. The number of anilines is 2. The molecule has 4 aromatic rings. The Balaban J connectivity index is 1.33. The number of hydrogen-bond acceptors (Lipinski definition) is 6. The molecule has 6 nitrogen and oxygen atoms in total. The van der Waals surface area contributed by atoms with Gasteiger partial charge in [-0.2, -0.15) is 0 Å². The number of carbonyl (C=O) groups excluding carboxylic acids is 1. The van der Waals surface area contributed by atoms with Gasteiger partial charge in [0.05, 0.1) is 31.1 Å². The molecule has 220 valence electrons. The van der Waals surface area contributed by atoms with Gasteiger partial charge in [-0.15, -0.1) is 0 Å². The van der Waals surface area contributed by atoms with Crippen LogP contribution < -0.4 is 24.8 Å². The van der Waals surface area contributed by atoms with Crippen molar-refractivity contribution in [1.82, 2.24) is 0 Å². The van der Waals surface area contributed by atoms with Gasteiger partial charge in [0, 0.05) is 17.7 Å². The molecule has 2 unspecified atom stereocenters. The Morgan fingerprint density at radius 1 is 0.791 bits per heavy atom. The molecule has 4 aromatic carbocycles. The summed E-state index contributed by atoms with van der Waals surface area (Å²) in [6.07, 6.45) is 1.17. The first kappa shape index (κ1) is 28.4. The number of methoxy groups -OCH3 is 1. The van der Waals surface area contributed by atoms with E-state index in [2.05, 4.69) is 36.6 Å². The first-order chi connectivity index (χ1) is 21.0. The van der Waals surface area contributed by atoms with Crippen molar-refractivity contribution in [3.8, 4) is 17.2 Å². The van der Waals surface area contributed by atoms with Crippen molar-refractivity contribution < 1.29 is 19.0 Å². The highest BCUT2D eigenvalue weighted by atomic mass is 16.5. The Kier molecular flexibility index (Phi) is 8.36. The first-order valence-corrected chi connectivity index (χ1v) is 14.9. The van der Waals surface area contributed by atoms with Crippen molar-refractivity contribution in [2.45, 2.75) is 45.3 Å². The maximum atomic E-state index is 14.0. The highest BCUT2D eigenvalue weighted by Gasteiger charge is 2.36. The lowest BCUT2D eigenvalue weighted by Crippen LogP contribution is -2.27. The number of hydrogen-bond donors (Lipinski definition) is 2. The zero-order valence-corrected chi connectivity index (χ0v) is 24.9. The summed E-state index contributed by atoms with van der Waals surface area (Å²) >= 11 is 0. The van der Waals surface area contributed by atoms with Crippen LogP contribution in [0.5, 0.6) is 17.2 Å². The molecule has 1 aliphatic heterocycles. The van der Waals surface area contributed by atoms with Crippen molar-refractivity contribution in [2.75, 3.05) is 24.4 Å². The summed E-state index contributed by atoms with van der Waals surface area (Å²) in [6.45, 7) is 5.37. The Morgan fingerprint density at radius 3 is 2.26 bits per heavy atom. The Morgan fingerprint density at radius 2 is 1.51 bits per heavy atom. The van der Waals surface area contributed by atoms with Crippen molar-refractivity contribution in [3.63, 3.8) is 0 Å². The molecule has 2 atom stereocenters. The van der Waals surface area contributed by atoms with Gasteiger partial charge < -0.3 is 24.8 Å². The normalized spacial score (nSPS) is 17.7. The van der Waals surface area contributed by atoms with E-state index in [-0.39, 0.29) is 17.7 Å². The van der Waals surface area contributed by atoms with E-state index < -0.39 is 0 Å². The maximum Gasteiger partial charge on any atom is 0.163 e. The SMILES string of the molecule is COc1ccc(C2Nc3ccccc3NC3=C2C(=O)CC(c2ccc(OCC(C)C)cc2)C3)cc1OCc1ccccc1. The lowest BCUT2D eigenvalue weighted by molar-refractivity contribution is -0.116. The second kappa shape index (κ2) is 12.7. The first-order valence-electron chi connectivity index (χ1n) is 14.9. The number of benzene rings is 4. The minimum atomic E-state index is -0.351. The number of ketones is 1. The van der Waals surface area contributed by atoms with Gasteiger partial charge in [-0.3, -0.25) is 4.79 Å². The summed E-state index contributed by atoms with van der Waals surface area (Å²) in [5.74, 6) is 2.81. The Bertz CT molecular complexity index is 1610. The van der Waals surface area contributed by atoms with Crippen LogP contribution in [0.3, 0.4) is 0 Å². The number of rotatable bonds is 9. The summed E-state index contributed by atoms with van der Waals surface area (Å²) in [6, 6.07) is 32.0. The van der Waals surface area contributed by atoms with Crippen LogP contribution in [0.25, 0.3) is 0 Å². The lowest BCUT2D eigenvalue weighted by atomic mass is 9.78. The summed E-state index contributed by atoms with van der Waals surface area (Å²) in [5, 5.41) is 7.31. The zero-order chi connectivity index (χ0) is 29.8. The summed E-state index contributed by atoms with van der Waals surface area (Å²) in [4.78, 5) is 14.0. The Labute approximate surface area is 253 Å². The van der Waals surface area contributed by atoms with E-state index in [0.717, 1.165) is 51.5 Å². The third-order valence-corrected chi connectivity index (χ3v) is 8.00. The fourth-order valence-electron chi connectivity index (χ4n) is 5.80. The van der Waals surface area contributed by atoms with Gasteiger partial charge in [0.1, 0.15) is 12.4 Å². The number of allylic oxidation sites excluding steroid dienone is 1. The van der Waals surface area contributed by atoms with Crippen LogP contribution in [-0.4, -0.2) is 19.5 Å². The molecule has 0 spiro atoms. The molecule has 1 heterocycles. The zero-order valence-electron chi connectivity index (χ0n) is 24.9. The summed E-state index contributed by atoms with van der Waals surface area (Å²) < 4.78 is 17.8. The largest absolute Gasteiger partial charge is 0.493 e. The highest BCUT2D eigenvalue weighted by molar-refractivity contribution is 6.01. The van der Waals surface area contributed by atoms with E-state index in [4.69, 9.17) is 14.2 Å². The van der Waals surface area contributed by atoms with E-state index in [9.17, 15) is 4.79 Å². The minimum Gasteiger partial charge on any atom is -0.493 e. The third-order valence-electron chi connectivity index (χ3n) is 8.00. The number of nitrogens with one attached hydrogen (secondary N) is 2. The van der Waals surface area contributed by atoms with Crippen LogP contribution >= 0.6 is 0 Å². The predicted octanol–water partition coefficient (Wildman–Crippen LogP) is 8.29. The quantitative estimate of drug-likeness (QED) is 0.210. The van der Waals surface area contributed by atoms with Crippen LogP contribution in [-0.2, 0) is 11.4 Å². The minimum absolute atomic E-state index is 0.0736. The van der Waals surface area contributed by atoms with E-state index in [1.165, 1.54) is 0 Å². The molecule has 0 amide bonds. The number of para-hydroxylation sites is 2. The molecule has 43 heavy (non-hydrogen) atoms. The average Bonchev–Trinajstić information content (AvgIpc) is 3.20. The fourth-order valence-corrected chi connectivity index (χ4v) is 5.80. The lowest BCUT2D eigenvalue weighted by Gasteiger charge is -2.30. The van der Waals surface area contributed by atoms with Crippen molar-refractivity contribution in [3.05, 3.63) is 125 Å². The average molecular weight is 575 g/mol. The fraction of sp³-hybridized carbons (Fsp3) is 0.270. The molecule has 2 N–H and O–H groups in total. The monoisotopic (exact) mass is 574 g/mol. The van der Waals surface area contributed by atoms with Gasteiger partial charge in [-0.1, -0.05) is 74.5 Å². The standard InChI is InChI=1S/C37H38N2O4/c1-24(2)22-42-29-16-13-26(14-17-29)28-19-32-36(33(40)20-28)37(39-31-12-8-7-11-30(31)38-32)27-15-18-34(41-3)35(21-27)43-23-25-9-5-4-6-10-25/h4-18,21,24,28,37-39H,19-20,22-23H2,1-3H3. The summed E-state index contributed by atoms with van der Waals surface area (Å²) in [7, 11) is 1.64. The van der Waals surface area contributed by atoms with Gasteiger partial charge in [0.2, 0.25) is 0 Å². The second-order valence-corrected chi connectivity index (χ2v) is 11.6. The van der Waals surface area contributed by atoms with E-state index in [1.54, 1.807) is 7.11 Å². The Hall–Kier alpha value is -4.71. The molecule has 6 heteroatoms. The molecule has 0 fully saturated rings. The number of Topliss-reactive ketones (excluding diaryl/α,β-unsaturated/α-hetero) is 1. The smallest absolute Gasteiger partial charge is 0.163 e. The van der Waals surface area contributed by atoms with Gasteiger partial charge in [0.25, 0.3) is 0 Å². The number of carbonyl (C=O) groups is 1. The van der Waals surface area contributed by atoms with Gasteiger partial charge >= 0.3 is 0 Å². The molecule has 1 aliphatic carbocycles. The van der Waals surface area contributed by atoms with Gasteiger partial charge in [-0.25, -0.2) is 0 Å². The summed E-state index contributed by atoms with van der Waals surface area (Å²) in [5.41, 5.74) is 6.77. The van der Waals surface area contributed by atoms with Gasteiger partial charge in [-0.05, 0) is 71.3 Å². The second-order valence-electron chi connectivity index (χ2n) is 11.6. The number of ether oxygens (including phenoxy) is 3. The van der Waals surface area contributed by atoms with Crippen molar-refractivity contribution >= 4 is 17.2 Å². The molecule has 2 aliphatic rings. The molecule has 0 radical (unpaired) electrons. The van der Waals surface area contributed by atoms with Crippen molar-refractivity contribution in [2.24, 2.45) is 5.92 Å². The topological polar surface area (TPSA) is 68.8 Å². The van der Waals surface area contributed by atoms with Gasteiger partial charge in [0.15, 0.2) is 17.3 Å². The van der Waals surface area contributed by atoms with Crippen LogP contribution in [0.15, 0.2) is 108 Å². The van der Waals surface area contributed by atoms with Crippen LogP contribution in [0.4, 0.5) is 11.4 Å². The molecular weight excluding hydrogens is 536 g/mol. The van der Waals surface area contributed by atoms with Crippen LogP contribution in [0, 0.1) is 5.92 Å². The van der Waals surface area contributed by atoms with Crippen LogP contribution in [0.1, 0.15) is 55.3 Å². The number of fused-ring (bicyclic) bond motifs is 1. The molecular formula is C37H38N2O4. The maximum absolute atomic E-state index is 14.0. The predicted molar refractivity (Wildman–Crippen MR) is 171 cm³/mol. The van der Waals surface area contributed by atoms with Crippen molar-refractivity contribution in [1.29, 1.82) is 0 Å². The van der Waals surface area contributed by atoms with E-state index >= 15 is 0 Å². The third kappa shape index (κ3) is 6.38. The molecule has 6 rings (SSSR count). The molecule has 0 saturated heterocycles. The molecule has 0 aromatic heterocycles. The molecule has 0 saturated carbocycles. The van der Waals surface area contributed by atoms with E-state index in [1.807, 2.05) is 84.9 Å². The molecule has 0 bridgehead atoms. The van der Waals surface area contributed by atoms with E-state index in [0.29, 0.717) is 37.1 Å². The van der Waals surface area contributed by atoms with Crippen LogP contribution in [0.2, 0.25) is 0 Å².